The second kappa shape index (κ2) is 7.74. The normalized spacial score (nSPS) is 11.5. The summed E-state index contributed by atoms with van der Waals surface area (Å²) in [6.45, 7) is 6.13. The molecule has 1 amide bonds. The van der Waals surface area contributed by atoms with Crippen LogP contribution in [0, 0.1) is 0 Å². The summed E-state index contributed by atoms with van der Waals surface area (Å²) in [5, 5.41) is 6.69. The van der Waals surface area contributed by atoms with Crippen molar-refractivity contribution in [3.63, 3.8) is 0 Å². The molecule has 0 atom stereocenters. The molecule has 2 aromatic rings. The van der Waals surface area contributed by atoms with Gasteiger partial charge in [-0.05, 0) is 12.1 Å². The van der Waals surface area contributed by atoms with Crippen molar-refractivity contribution in [2.75, 3.05) is 13.7 Å². The topological polar surface area (TPSA) is 94.3 Å². The SMILES string of the molecule is COC(=O)/C=C/CNC(=O)c1ccccc1-c1nc(C(C)(C)C)no1. The molecule has 7 nitrogen and oxygen atoms in total. The van der Waals surface area contributed by atoms with Crippen LogP contribution in [0.2, 0.25) is 0 Å². The van der Waals surface area contributed by atoms with Crippen molar-refractivity contribution in [1.29, 1.82) is 0 Å². The van der Waals surface area contributed by atoms with Crippen molar-refractivity contribution in [1.82, 2.24) is 15.5 Å². The number of nitrogens with one attached hydrogen (secondary N) is 1. The number of benzene rings is 1. The Kier molecular flexibility index (Phi) is 5.69. The number of methoxy groups -OCH3 is 1. The van der Waals surface area contributed by atoms with Gasteiger partial charge < -0.3 is 14.6 Å². The molecule has 0 aliphatic rings. The largest absolute Gasteiger partial charge is 0.466 e. The van der Waals surface area contributed by atoms with E-state index < -0.39 is 5.97 Å². The van der Waals surface area contributed by atoms with Crippen molar-refractivity contribution < 1.29 is 18.8 Å². The van der Waals surface area contributed by atoms with Crippen LogP contribution in [0.15, 0.2) is 40.9 Å². The number of nitrogens with zero attached hydrogens (tertiary/aromatic N) is 2. The molecule has 1 aromatic heterocycles. The smallest absolute Gasteiger partial charge is 0.330 e. The third-order valence-corrected chi connectivity index (χ3v) is 3.33. The number of aromatic nitrogens is 2. The molecule has 1 heterocycles. The molecular weight excluding hydrogens is 322 g/mol. The number of amides is 1. The average Bonchev–Trinajstić information content (AvgIpc) is 3.08. The zero-order valence-electron chi connectivity index (χ0n) is 14.7. The van der Waals surface area contributed by atoms with Crippen LogP contribution in [0.25, 0.3) is 11.5 Å². The van der Waals surface area contributed by atoms with Crippen molar-refractivity contribution in [2.24, 2.45) is 0 Å². The maximum atomic E-state index is 12.4. The molecule has 0 aliphatic carbocycles. The number of ether oxygens (including phenoxy) is 1. The molecule has 2 rings (SSSR count). The highest BCUT2D eigenvalue weighted by Gasteiger charge is 2.23. The molecule has 0 saturated carbocycles. The zero-order valence-corrected chi connectivity index (χ0v) is 14.7. The fourth-order valence-corrected chi connectivity index (χ4v) is 1.98. The second-order valence-corrected chi connectivity index (χ2v) is 6.35. The predicted octanol–water partition coefficient (Wildman–Crippen LogP) is 2.49. The summed E-state index contributed by atoms with van der Waals surface area (Å²) in [4.78, 5) is 27.8. The molecule has 25 heavy (non-hydrogen) atoms. The van der Waals surface area contributed by atoms with Gasteiger partial charge in [0.2, 0.25) is 0 Å². The van der Waals surface area contributed by atoms with E-state index in [0.717, 1.165) is 0 Å². The third kappa shape index (κ3) is 4.76. The van der Waals surface area contributed by atoms with Crippen molar-refractivity contribution in [2.45, 2.75) is 26.2 Å². The van der Waals surface area contributed by atoms with Crippen molar-refractivity contribution in [3.8, 4) is 11.5 Å². The molecule has 0 bridgehead atoms. The fraction of sp³-hybridized carbons (Fsp3) is 0.333. The first-order chi connectivity index (χ1) is 11.8. The minimum Gasteiger partial charge on any atom is -0.466 e. The number of rotatable bonds is 5. The van der Waals surface area contributed by atoms with Gasteiger partial charge in [-0.2, -0.15) is 4.98 Å². The summed E-state index contributed by atoms with van der Waals surface area (Å²) in [7, 11) is 1.29. The van der Waals surface area contributed by atoms with Gasteiger partial charge in [-0.1, -0.05) is 44.1 Å². The van der Waals surface area contributed by atoms with Crippen molar-refractivity contribution in [3.05, 3.63) is 47.8 Å². The van der Waals surface area contributed by atoms with Crippen LogP contribution in [0.4, 0.5) is 0 Å². The Hall–Kier alpha value is -2.96. The van der Waals surface area contributed by atoms with E-state index in [2.05, 4.69) is 20.2 Å². The summed E-state index contributed by atoms with van der Waals surface area (Å²) in [6.07, 6.45) is 2.76. The molecule has 0 aliphatic heterocycles. The number of hydrogen-bond donors (Lipinski definition) is 1. The Balaban J connectivity index is 2.17. The fourth-order valence-electron chi connectivity index (χ4n) is 1.98. The lowest BCUT2D eigenvalue weighted by molar-refractivity contribution is -0.134. The van der Waals surface area contributed by atoms with Crippen LogP contribution in [0.3, 0.4) is 0 Å². The van der Waals surface area contributed by atoms with Crippen LogP contribution in [0.5, 0.6) is 0 Å². The molecule has 0 spiro atoms. The predicted molar refractivity (Wildman–Crippen MR) is 91.9 cm³/mol. The minimum absolute atomic E-state index is 0.194. The maximum Gasteiger partial charge on any atom is 0.330 e. The Bertz CT molecular complexity index is 788. The second-order valence-electron chi connectivity index (χ2n) is 6.35. The van der Waals surface area contributed by atoms with E-state index in [4.69, 9.17) is 4.52 Å². The van der Waals surface area contributed by atoms with E-state index in [0.29, 0.717) is 22.8 Å². The summed E-state index contributed by atoms with van der Waals surface area (Å²) in [6, 6.07) is 6.97. The van der Waals surface area contributed by atoms with E-state index in [1.165, 1.54) is 19.3 Å². The van der Waals surface area contributed by atoms with Gasteiger partial charge in [-0.25, -0.2) is 4.79 Å². The van der Waals surface area contributed by atoms with E-state index in [1.54, 1.807) is 24.3 Å². The Labute approximate surface area is 146 Å². The van der Waals surface area contributed by atoms with Gasteiger partial charge in [0.1, 0.15) is 0 Å². The van der Waals surface area contributed by atoms with Gasteiger partial charge in [0.25, 0.3) is 11.8 Å². The van der Waals surface area contributed by atoms with E-state index in [1.807, 2.05) is 20.8 Å². The highest BCUT2D eigenvalue weighted by atomic mass is 16.5. The van der Waals surface area contributed by atoms with Crippen LogP contribution < -0.4 is 5.32 Å². The van der Waals surface area contributed by atoms with Gasteiger partial charge in [0, 0.05) is 18.0 Å². The van der Waals surface area contributed by atoms with E-state index in [-0.39, 0.29) is 17.9 Å². The summed E-state index contributed by atoms with van der Waals surface area (Å²) in [5.74, 6) is 0.0790. The van der Waals surface area contributed by atoms with Gasteiger partial charge in [-0.15, -0.1) is 0 Å². The molecule has 0 fully saturated rings. The van der Waals surface area contributed by atoms with E-state index in [9.17, 15) is 9.59 Å². The van der Waals surface area contributed by atoms with Gasteiger partial charge in [-0.3, -0.25) is 4.79 Å². The van der Waals surface area contributed by atoms with Crippen LogP contribution in [-0.2, 0) is 14.9 Å². The molecule has 1 N–H and O–H groups in total. The van der Waals surface area contributed by atoms with Gasteiger partial charge >= 0.3 is 5.97 Å². The molecule has 1 aromatic carbocycles. The lowest BCUT2D eigenvalue weighted by Crippen LogP contribution is -2.24. The highest BCUT2D eigenvalue weighted by Crippen LogP contribution is 2.26. The number of esters is 1. The van der Waals surface area contributed by atoms with E-state index >= 15 is 0 Å². The molecule has 7 heteroatoms. The molecule has 0 radical (unpaired) electrons. The lowest BCUT2D eigenvalue weighted by atomic mass is 9.96. The summed E-state index contributed by atoms with van der Waals surface area (Å²) in [5.41, 5.74) is 0.718. The highest BCUT2D eigenvalue weighted by molar-refractivity contribution is 6.00. The quantitative estimate of drug-likeness (QED) is 0.662. The Morgan fingerprint density at radius 1 is 1.28 bits per heavy atom. The van der Waals surface area contributed by atoms with Crippen LogP contribution >= 0.6 is 0 Å². The molecular formula is C18H21N3O4. The first kappa shape index (κ1) is 18.4. The molecule has 132 valence electrons. The molecule has 0 unspecified atom stereocenters. The number of carbonyl (C=O) groups excluding carboxylic acids is 2. The Morgan fingerprint density at radius 3 is 2.64 bits per heavy atom. The van der Waals surface area contributed by atoms with Gasteiger partial charge in [0.05, 0.1) is 18.2 Å². The lowest BCUT2D eigenvalue weighted by Gasteiger charge is -2.11. The summed E-state index contributed by atoms with van der Waals surface area (Å²) < 4.78 is 9.81. The van der Waals surface area contributed by atoms with Crippen LogP contribution in [-0.4, -0.2) is 35.7 Å². The first-order valence-corrected chi connectivity index (χ1v) is 7.79. The van der Waals surface area contributed by atoms with Crippen molar-refractivity contribution >= 4 is 11.9 Å². The average molecular weight is 343 g/mol. The standard InChI is InChI=1S/C18H21N3O4/c1-18(2,3)17-20-16(25-21-17)13-9-6-5-8-12(13)15(23)19-11-7-10-14(22)24-4/h5-10H,11H2,1-4H3,(H,19,23)/b10-7+. The monoisotopic (exact) mass is 343 g/mol. The summed E-state index contributed by atoms with van der Waals surface area (Å²) >= 11 is 0. The first-order valence-electron chi connectivity index (χ1n) is 7.79. The Morgan fingerprint density at radius 2 is 2.00 bits per heavy atom. The molecule has 0 saturated heterocycles. The number of carbonyl (C=O) groups is 2. The van der Waals surface area contributed by atoms with Crippen LogP contribution in [0.1, 0.15) is 37.0 Å². The minimum atomic E-state index is -0.477. The maximum absolute atomic E-state index is 12.4. The third-order valence-electron chi connectivity index (χ3n) is 3.33. The number of hydrogen-bond acceptors (Lipinski definition) is 6. The zero-order chi connectivity index (χ0) is 18.4. The van der Waals surface area contributed by atoms with Gasteiger partial charge in [0.15, 0.2) is 5.82 Å².